The van der Waals surface area contributed by atoms with Crippen molar-refractivity contribution in [2.24, 2.45) is 11.8 Å². The Balaban J connectivity index is 1.56. The molecule has 0 unspecified atom stereocenters. The average molecular weight is 352 g/mol. The first kappa shape index (κ1) is 14.6. The Kier molecular flexibility index (Phi) is 4.02. The molecule has 2 atom stereocenters. The smallest absolute Gasteiger partial charge is 0.306 e. The van der Waals surface area contributed by atoms with Gasteiger partial charge >= 0.3 is 5.97 Å². The molecule has 3 rings (SSSR count). The lowest BCUT2D eigenvalue weighted by molar-refractivity contribution is -0.146. The summed E-state index contributed by atoms with van der Waals surface area (Å²) in [4.78, 5) is 25.2. The van der Waals surface area contributed by atoms with Crippen LogP contribution in [-0.2, 0) is 9.59 Å². The van der Waals surface area contributed by atoms with Gasteiger partial charge in [0.1, 0.15) is 0 Å². The zero-order chi connectivity index (χ0) is 15.0. The van der Waals surface area contributed by atoms with Gasteiger partial charge in [0.05, 0.1) is 5.92 Å². The fourth-order valence-corrected chi connectivity index (χ4v) is 3.39. The van der Waals surface area contributed by atoms with Crippen LogP contribution in [0.5, 0.6) is 0 Å². The van der Waals surface area contributed by atoms with Crippen LogP contribution in [0, 0.1) is 11.8 Å². The molecule has 2 aliphatic rings. The van der Waals surface area contributed by atoms with Crippen LogP contribution in [0.15, 0.2) is 28.7 Å². The van der Waals surface area contributed by atoms with E-state index in [2.05, 4.69) is 28.1 Å². The molecule has 5 heteroatoms. The molecule has 2 fully saturated rings. The van der Waals surface area contributed by atoms with Crippen molar-refractivity contribution in [1.82, 2.24) is 4.90 Å². The van der Waals surface area contributed by atoms with Crippen molar-refractivity contribution >= 4 is 27.8 Å². The van der Waals surface area contributed by atoms with Crippen molar-refractivity contribution in [2.45, 2.75) is 25.2 Å². The number of halogens is 1. The van der Waals surface area contributed by atoms with Gasteiger partial charge in [0.15, 0.2) is 0 Å². The molecule has 0 bridgehead atoms. The van der Waals surface area contributed by atoms with Gasteiger partial charge in [-0.2, -0.15) is 0 Å². The second kappa shape index (κ2) is 5.79. The number of benzene rings is 1. The van der Waals surface area contributed by atoms with Crippen LogP contribution < -0.4 is 0 Å². The first-order chi connectivity index (χ1) is 10.1. The molecule has 1 amide bonds. The molecule has 1 aromatic carbocycles. The predicted molar refractivity (Wildman–Crippen MR) is 81.9 cm³/mol. The lowest BCUT2D eigenvalue weighted by Gasteiger charge is -2.30. The molecule has 4 nitrogen and oxygen atoms in total. The van der Waals surface area contributed by atoms with Crippen LogP contribution in [0.4, 0.5) is 0 Å². The molecule has 0 spiro atoms. The standard InChI is InChI=1S/C16H18BrNO3/c17-12-3-1-10(2-4-12)13-9-14(13)15(19)18-7-5-11(6-8-18)16(20)21/h1-4,11,13-14H,5-9H2,(H,20,21)/t13-,14-/m1/s1. The molecule has 1 aliphatic heterocycles. The van der Waals surface area contributed by atoms with E-state index in [0.717, 1.165) is 10.9 Å². The highest BCUT2D eigenvalue weighted by Crippen LogP contribution is 2.48. The van der Waals surface area contributed by atoms with Gasteiger partial charge in [-0.15, -0.1) is 0 Å². The summed E-state index contributed by atoms with van der Waals surface area (Å²) in [6.45, 7) is 1.17. The van der Waals surface area contributed by atoms with Crippen LogP contribution in [0.2, 0.25) is 0 Å². The number of piperidine rings is 1. The predicted octanol–water partition coefficient (Wildman–Crippen LogP) is 2.88. The largest absolute Gasteiger partial charge is 0.481 e. The lowest BCUT2D eigenvalue weighted by Crippen LogP contribution is -2.41. The second-order valence-corrected chi connectivity index (χ2v) is 6.85. The quantitative estimate of drug-likeness (QED) is 0.910. The average Bonchev–Trinajstić information content (AvgIpc) is 3.28. The number of rotatable bonds is 3. The molecule has 1 saturated heterocycles. The molecule has 0 aromatic heterocycles. The molecule has 1 aromatic rings. The summed E-state index contributed by atoms with van der Waals surface area (Å²) >= 11 is 3.42. The minimum atomic E-state index is -0.735. The number of hydrogen-bond acceptors (Lipinski definition) is 2. The number of amides is 1. The lowest BCUT2D eigenvalue weighted by atomic mass is 9.96. The topological polar surface area (TPSA) is 57.6 Å². The van der Waals surface area contributed by atoms with Gasteiger partial charge in [-0.05, 0) is 42.9 Å². The molecule has 112 valence electrons. The van der Waals surface area contributed by atoms with E-state index in [1.807, 2.05) is 17.0 Å². The van der Waals surface area contributed by atoms with Crippen LogP contribution in [0.3, 0.4) is 0 Å². The van der Waals surface area contributed by atoms with E-state index in [4.69, 9.17) is 5.11 Å². The highest BCUT2D eigenvalue weighted by Gasteiger charge is 2.46. The Hall–Kier alpha value is -1.36. The highest BCUT2D eigenvalue weighted by atomic mass is 79.9. The fourth-order valence-electron chi connectivity index (χ4n) is 3.13. The van der Waals surface area contributed by atoms with Gasteiger partial charge in [0, 0.05) is 23.5 Å². The Bertz CT molecular complexity index is 549. The summed E-state index contributed by atoms with van der Waals surface area (Å²) in [5, 5.41) is 8.99. The van der Waals surface area contributed by atoms with Crippen molar-refractivity contribution in [3.63, 3.8) is 0 Å². The van der Waals surface area contributed by atoms with Gasteiger partial charge in [-0.25, -0.2) is 0 Å². The third kappa shape index (κ3) is 3.12. The molecule has 1 aliphatic carbocycles. The number of carbonyl (C=O) groups is 2. The summed E-state index contributed by atoms with van der Waals surface area (Å²) in [6.07, 6.45) is 2.08. The van der Waals surface area contributed by atoms with Gasteiger partial charge in [-0.1, -0.05) is 28.1 Å². The second-order valence-electron chi connectivity index (χ2n) is 5.94. The van der Waals surface area contributed by atoms with Crippen LogP contribution in [0.25, 0.3) is 0 Å². The maximum atomic E-state index is 12.5. The zero-order valence-corrected chi connectivity index (χ0v) is 13.3. The molecule has 1 saturated carbocycles. The molecule has 21 heavy (non-hydrogen) atoms. The Morgan fingerprint density at radius 2 is 1.76 bits per heavy atom. The maximum Gasteiger partial charge on any atom is 0.306 e. The van der Waals surface area contributed by atoms with E-state index in [1.165, 1.54) is 5.56 Å². The minimum Gasteiger partial charge on any atom is -0.481 e. The fraction of sp³-hybridized carbons (Fsp3) is 0.500. The Labute approximate surface area is 132 Å². The van der Waals surface area contributed by atoms with Crippen molar-refractivity contribution in [2.75, 3.05) is 13.1 Å². The van der Waals surface area contributed by atoms with E-state index in [1.54, 1.807) is 0 Å². The summed E-state index contributed by atoms with van der Waals surface area (Å²) in [6, 6.07) is 8.15. The van der Waals surface area contributed by atoms with Crippen LogP contribution >= 0.6 is 15.9 Å². The van der Waals surface area contributed by atoms with Gasteiger partial charge in [0.2, 0.25) is 5.91 Å². The number of carboxylic acid groups (broad SMARTS) is 1. The molecular formula is C16H18BrNO3. The summed E-state index contributed by atoms with van der Waals surface area (Å²) in [5.41, 5.74) is 1.22. The number of aliphatic carboxylic acids is 1. The van der Waals surface area contributed by atoms with E-state index < -0.39 is 5.97 Å². The highest BCUT2D eigenvalue weighted by molar-refractivity contribution is 9.10. The molecule has 0 radical (unpaired) electrons. The first-order valence-electron chi connectivity index (χ1n) is 7.33. The van der Waals surface area contributed by atoms with E-state index >= 15 is 0 Å². The molecular weight excluding hydrogens is 334 g/mol. The number of likely N-dealkylation sites (tertiary alicyclic amines) is 1. The van der Waals surface area contributed by atoms with E-state index in [0.29, 0.717) is 31.8 Å². The number of carbonyl (C=O) groups excluding carboxylic acids is 1. The summed E-state index contributed by atoms with van der Waals surface area (Å²) < 4.78 is 1.05. The number of hydrogen-bond donors (Lipinski definition) is 1. The van der Waals surface area contributed by atoms with E-state index in [9.17, 15) is 9.59 Å². The van der Waals surface area contributed by atoms with Gasteiger partial charge < -0.3 is 10.0 Å². The summed E-state index contributed by atoms with van der Waals surface area (Å²) in [7, 11) is 0. The molecule has 1 heterocycles. The normalized spacial score (nSPS) is 25.7. The van der Waals surface area contributed by atoms with Crippen molar-refractivity contribution in [3.05, 3.63) is 34.3 Å². The van der Waals surface area contributed by atoms with Crippen molar-refractivity contribution in [3.8, 4) is 0 Å². The third-order valence-electron chi connectivity index (χ3n) is 4.56. The van der Waals surface area contributed by atoms with Crippen LogP contribution in [-0.4, -0.2) is 35.0 Å². The summed E-state index contributed by atoms with van der Waals surface area (Å²) in [5.74, 6) is -0.390. The number of carboxylic acids is 1. The maximum absolute atomic E-state index is 12.5. The molecule has 1 N–H and O–H groups in total. The zero-order valence-electron chi connectivity index (χ0n) is 11.7. The number of nitrogens with zero attached hydrogens (tertiary/aromatic N) is 1. The third-order valence-corrected chi connectivity index (χ3v) is 5.09. The Morgan fingerprint density at radius 1 is 1.14 bits per heavy atom. The Morgan fingerprint density at radius 3 is 2.33 bits per heavy atom. The minimum absolute atomic E-state index is 0.0903. The van der Waals surface area contributed by atoms with Crippen molar-refractivity contribution < 1.29 is 14.7 Å². The monoisotopic (exact) mass is 351 g/mol. The van der Waals surface area contributed by atoms with Crippen molar-refractivity contribution in [1.29, 1.82) is 0 Å². The van der Waals surface area contributed by atoms with E-state index in [-0.39, 0.29) is 17.7 Å². The van der Waals surface area contributed by atoms with Gasteiger partial charge in [0.25, 0.3) is 0 Å². The van der Waals surface area contributed by atoms with Crippen LogP contribution in [0.1, 0.15) is 30.7 Å². The SMILES string of the molecule is O=C(O)C1CCN(C(=O)[C@@H]2C[C@@H]2c2ccc(Br)cc2)CC1. The van der Waals surface area contributed by atoms with Gasteiger partial charge in [-0.3, -0.25) is 9.59 Å². The first-order valence-corrected chi connectivity index (χ1v) is 8.12.